The number of rotatable bonds is 4. The van der Waals surface area contributed by atoms with Gasteiger partial charge < -0.3 is 14.8 Å². The number of carbonyl (C=O) groups excluding carboxylic acids is 3. The van der Waals surface area contributed by atoms with Crippen molar-refractivity contribution in [2.45, 2.75) is 26.4 Å². The Morgan fingerprint density at radius 2 is 1.59 bits per heavy atom. The number of carbonyl (C=O) groups is 3. The van der Waals surface area contributed by atoms with E-state index in [0.717, 1.165) is 0 Å². The van der Waals surface area contributed by atoms with Gasteiger partial charge in [0.15, 0.2) is 0 Å². The fourth-order valence-corrected chi connectivity index (χ4v) is 2.37. The van der Waals surface area contributed by atoms with Crippen molar-refractivity contribution in [3.05, 3.63) is 54.1 Å². The minimum absolute atomic E-state index is 0.341. The number of hydrogen-bond donors (Lipinski definition) is 2. The maximum atomic E-state index is 12.5. The van der Waals surface area contributed by atoms with Gasteiger partial charge in [-0.25, -0.2) is 9.59 Å². The van der Waals surface area contributed by atoms with Crippen molar-refractivity contribution in [2.24, 2.45) is 0 Å². The van der Waals surface area contributed by atoms with Crippen LogP contribution >= 0.6 is 0 Å². The number of nitrogens with zero attached hydrogens (tertiary/aromatic N) is 1. The average molecular weight is 399 g/mol. The molecule has 2 aromatic carbocycles. The van der Waals surface area contributed by atoms with Gasteiger partial charge in [-0.3, -0.25) is 15.0 Å². The predicted molar refractivity (Wildman–Crippen MR) is 112 cm³/mol. The van der Waals surface area contributed by atoms with Crippen molar-refractivity contribution in [2.75, 3.05) is 29.7 Å². The summed E-state index contributed by atoms with van der Waals surface area (Å²) in [6, 6.07) is 13.2. The molecule has 0 saturated carbocycles. The summed E-state index contributed by atoms with van der Waals surface area (Å²) in [5, 5.41) is 5.37. The Hall–Kier alpha value is -3.55. The fourth-order valence-electron chi connectivity index (χ4n) is 2.37. The first-order chi connectivity index (χ1) is 13.6. The fraction of sp³-hybridized carbons (Fsp3) is 0.286. The van der Waals surface area contributed by atoms with Crippen molar-refractivity contribution in [1.29, 1.82) is 0 Å². The molecular formula is C21H25N3O5. The monoisotopic (exact) mass is 399 g/mol. The van der Waals surface area contributed by atoms with Crippen LogP contribution in [-0.2, 0) is 9.47 Å². The van der Waals surface area contributed by atoms with Gasteiger partial charge in [-0.05, 0) is 63.2 Å². The van der Waals surface area contributed by atoms with Crippen LogP contribution in [0.1, 0.15) is 31.1 Å². The zero-order valence-corrected chi connectivity index (χ0v) is 17.1. The molecule has 0 radical (unpaired) electrons. The molecule has 3 amide bonds. The van der Waals surface area contributed by atoms with E-state index in [2.05, 4.69) is 15.4 Å². The van der Waals surface area contributed by atoms with E-state index in [1.165, 1.54) is 12.0 Å². The van der Waals surface area contributed by atoms with E-state index in [0.29, 0.717) is 22.6 Å². The zero-order valence-electron chi connectivity index (χ0n) is 17.1. The van der Waals surface area contributed by atoms with Gasteiger partial charge >= 0.3 is 12.2 Å². The van der Waals surface area contributed by atoms with Crippen LogP contribution in [0.15, 0.2) is 48.5 Å². The smallest absolute Gasteiger partial charge is 0.413 e. The molecule has 2 aromatic rings. The van der Waals surface area contributed by atoms with Crippen LogP contribution in [0.25, 0.3) is 0 Å². The second kappa shape index (κ2) is 9.09. The standard InChI is InChI=1S/C21H25N3O5/c1-21(2,3)29-19(26)23-16-8-6-7-14(13-16)18(25)22-15-9-11-17(12-10-15)24(4)20(27)28-5/h6-13H,1-5H3,(H,22,25)(H,23,26). The predicted octanol–water partition coefficient (Wildman–Crippen LogP) is 4.49. The Morgan fingerprint density at radius 1 is 0.931 bits per heavy atom. The molecule has 0 aromatic heterocycles. The van der Waals surface area contributed by atoms with Crippen molar-refractivity contribution >= 4 is 35.2 Å². The lowest BCUT2D eigenvalue weighted by atomic mass is 10.1. The highest BCUT2D eigenvalue weighted by atomic mass is 16.6. The molecule has 0 spiro atoms. The van der Waals surface area contributed by atoms with Crippen LogP contribution < -0.4 is 15.5 Å². The van der Waals surface area contributed by atoms with Crippen LogP contribution in [-0.4, -0.2) is 37.9 Å². The lowest BCUT2D eigenvalue weighted by molar-refractivity contribution is 0.0635. The van der Waals surface area contributed by atoms with E-state index in [1.807, 2.05) is 0 Å². The van der Waals surface area contributed by atoms with E-state index >= 15 is 0 Å². The topological polar surface area (TPSA) is 97.0 Å². The van der Waals surface area contributed by atoms with E-state index in [4.69, 9.17) is 4.74 Å². The number of nitrogens with one attached hydrogen (secondary N) is 2. The molecule has 0 saturated heterocycles. The molecule has 154 valence electrons. The molecule has 0 fully saturated rings. The highest BCUT2D eigenvalue weighted by Gasteiger charge is 2.17. The highest BCUT2D eigenvalue weighted by Crippen LogP contribution is 2.19. The quantitative estimate of drug-likeness (QED) is 0.790. The molecular weight excluding hydrogens is 374 g/mol. The third-order valence-corrected chi connectivity index (χ3v) is 3.73. The SMILES string of the molecule is COC(=O)N(C)c1ccc(NC(=O)c2cccc(NC(=O)OC(C)(C)C)c2)cc1. The van der Waals surface area contributed by atoms with Crippen LogP contribution in [0.2, 0.25) is 0 Å². The lowest BCUT2D eigenvalue weighted by Gasteiger charge is -2.19. The van der Waals surface area contributed by atoms with Crippen molar-refractivity contribution in [3.8, 4) is 0 Å². The van der Waals surface area contributed by atoms with Gasteiger partial charge in [-0.15, -0.1) is 0 Å². The molecule has 29 heavy (non-hydrogen) atoms. The van der Waals surface area contributed by atoms with Crippen molar-refractivity contribution in [1.82, 2.24) is 0 Å². The number of hydrogen-bond acceptors (Lipinski definition) is 5. The van der Waals surface area contributed by atoms with E-state index in [9.17, 15) is 14.4 Å². The second-order valence-electron chi connectivity index (χ2n) is 7.24. The maximum Gasteiger partial charge on any atom is 0.413 e. The summed E-state index contributed by atoms with van der Waals surface area (Å²) in [6.45, 7) is 5.31. The number of amides is 3. The summed E-state index contributed by atoms with van der Waals surface area (Å²) in [7, 11) is 2.89. The van der Waals surface area contributed by atoms with Gasteiger partial charge in [0, 0.05) is 29.7 Å². The van der Waals surface area contributed by atoms with Crippen LogP contribution in [0.3, 0.4) is 0 Å². The molecule has 0 heterocycles. The lowest BCUT2D eigenvalue weighted by Crippen LogP contribution is -2.27. The summed E-state index contributed by atoms with van der Waals surface area (Å²) >= 11 is 0. The Kier molecular flexibility index (Phi) is 6.82. The maximum absolute atomic E-state index is 12.5. The molecule has 0 bridgehead atoms. The van der Waals surface area contributed by atoms with Gasteiger partial charge in [0.1, 0.15) is 5.60 Å². The van der Waals surface area contributed by atoms with E-state index < -0.39 is 17.8 Å². The molecule has 2 rings (SSSR count). The van der Waals surface area contributed by atoms with Crippen molar-refractivity contribution < 1.29 is 23.9 Å². The molecule has 2 N–H and O–H groups in total. The third-order valence-electron chi connectivity index (χ3n) is 3.73. The molecule has 0 aliphatic heterocycles. The zero-order chi connectivity index (χ0) is 21.6. The molecule has 0 unspecified atom stereocenters. The molecule has 0 atom stereocenters. The second-order valence-corrected chi connectivity index (χ2v) is 7.24. The summed E-state index contributed by atoms with van der Waals surface area (Å²) in [5.74, 6) is -0.341. The molecule has 0 aliphatic rings. The van der Waals surface area contributed by atoms with Gasteiger partial charge in [0.05, 0.1) is 7.11 Å². The van der Waals surface area contributed by atoms with Gasteiger partial charge in [0.25, 0.3) is 5.91 Å². The van der Waals surface area contributed by atoms with Crippen molar-refractivity contribution in [3.63, 3.8) is 0 Å². The number of methoxy groups -OCH3 is 1. The minimum atomic E-state index is -0.618. The van der Waals surface area contributed by atoms with Crippen LogP contribution in [0, 0.1) is 0 Å². The summed E-state index contributed by atoms with van der Waals surface area (Å²) in [6.07, 6.45) is -1.09. The summed E-state index contributed by atoms with van der Waals surface area (Å²) in [5.41, 5.74) is 1.38. The first kappa shape index (κ1) is 21.7. The van der Waals surface area contributed by atoms with E-state index in [1.54, 1.807) is 76.3 Å². The first-order valence-corrected chi connectivity index (χ1v) is 8.92. The van der Waals surface area contributed by atoms with E-state index in [-0.39, 0.29) is 5.91 Å². The Balaban J connectivity index is 2.04. The normalized spacial score (nSPS) is 10.7. The molecule has 0 aliphatic carbocycles. The molecule has 8 heteroatoms. The highest BCUT2D eigenvalue weighted by molar-refractivity contribution is 6.05. The Morgan fingerprint density at radius 3 is 2.17 bits per heavy atom. The van der Waals surface area contributed by atoms with Crippen LogP contribution in [0.4, 0.5) is 26.7 Å². The Bertz CT molecular complexity index is 888. The summed E-state index contributed by atoms with van der Waals surface area (Å²) in [4.78, 5) is 37.3. The number of benzene rings is 2. The number of anilines is 3. The Labute approximate surface area is 169 Å². The average Bonchev–Trinajstić information content (AvgIpc) is 2.66. The third kappa shape index (κ3) is 6.53. The van der Waals surface area contributed by atoms with Crippen LogP contribution in [0.5, 0.6) is 0 Å². The molecule has 8 nitrogen and oxygen atoms in total. The largest absolute Gasteiger partial charge is 0.452 e. The first-order valence-electron chi connectivity index (χ1n) is 8.92. The van der Waals surface area contributed by atoms with Gasteiger partial charge in [-0.2, -0.15) is 0 Å². The summed E-state index contributed by atoms with van der Waals surface area (Å²) < 4.78 is 9.87. The number of ether oxygens (including phenoxy) is 2. The minimum Gasteiger partial charge on any atom is -0.452 e. The van der Waals surface area contributed by atoms with Gasteiger partial charge in [-0.1, -0.05) is 6.07 Å². The van der Waals surface area contributed by atoms with Gasteiger partial charge in [0.2, 0.25) is 0 Å².